The molecule has 0 spiro atoms. The van der Waals surface area contributed by atoms with Crippen LogP contribution in [0.4, 0.5) is 4.79 Å². The van der Waals surface area contributed by atoms with Gasteiger partial charge in [-0.15, -0.1) is 0 Å². The fourth-order valence-corrected chi connectivity index (χ4v) is 2.55. The van der Waals surface area contributed by atoms with Crippen LogP contribution in [0, 0.1) is 5.92 Å². The van der Waals surface area contributed by atoms with Gasteiger partial charge in [-0.2, -0.15) is 0 Å². The first kappa shape index (κ1) is 13.9. The molecule has 0 bridgehead atoms. The minimum Gasteiger partial charge on any atom is -0.444 e. The third-order valence-corrected chi connectivity index (χ3v) is 3.58. The predicted molar refractivity (Wildman–Crippen MR) is 72.6 cm³/mol. The Balaban J connectivity index is 1.93. The Bertz CT molecular complexity index is 475. The molecule has 19 heavy (non-hydrogen) atoms. The van der Waals surface area contributed by atoms with Gasteiger partial charge in [0.15, 0.2) is 10.4 Å². The molecule has 3 amide bonds. The first-order valence-corrected chi connectivity index (χ1v) is 6.93. The Morgan fingerprint density at radius 2 is 2.32 bits per heavy atom. The van der Waals surface area contributed by atoms with Gasteiger partial charge in [-0.25, -0.2) is 4.79 Å². The first-order chi connectivity index (χ1) is 9.06. The molecule has 0 radical (unpaired) electrons. The molecule has 1 aliphatic heterocycles. The van der Waals surface area contributed by atoms with Crippen molar-refractivity contribution in [1.82, 2.24) is 10.2 Å². The molecule has 2 heterocycles. The number of hydrogen-bond donors (Lipinski definition) is 2. The van der Waals surface area contributed by atoms with Crippen LogP contribution in [-0.2, 0) is 0 Å². The number of nitrogens with one attached hydrogen (secondary N) is 1. The largest absolute Gasteiger partial charge is 0.444 e. The van der Waals surface area contributed by atoms with E-state index in [-0.39, 0.29) is 11.8 Å². The van der Waals surface area contributed by atoms with Crippen molar-refractivity contribution in [2.45, 2.75) is 12.8 Å². The molecule has 1 aliphatic rings. The second kappa shape index (κ2) is 6.10. The van der Waals surface area contributed by atoms with Crippen molar-refractivity contribution < 1.29 is 14.0 Å². The minimum atomic E-state index is -0.529. The van der Waals surface area contributed by atoms with Crippen LogP contribution < -0.4 is 11.1 Å². The molecular formula is C12H16BrN3O3. The summed E-state index contributed by atoms with van der Waals surface area (Å²) in [5.74, 6) is 0.452. The summed E-state index contributed by atoms with van der Waals surface area (Å²) in [5.41, 5.74) is 5.05. The van der Waals surface area contributed by atoms with Crippen LogP contribution in [0.2, 0.25) is 0 Å². The van der Waals surface area contributed by atoms with Crippen LogP contribution in [0.1, 0.15) is 23.4 Å². The van der Waals surface area contributed by atoms with Crippen LogP contribution >= 0.6 is 15.9 Å². The highest BCUT2D eigenvalue weighted by Crippen LogP contribution is 2.20. The summed E-state index contributed by atoms with van der Waals surface area (Å²) in [5, 5.41) is 2.59. The second-order valence-electron chi connectivity index (χ2n) is 4.61. The van der Waals surface area contributed by atoms with Gasteiger partial charge >= 0.3 is 6.03 Å². The summed E-state index contributed by atoms with van der Waals surface area (Å²) in [6.07, 6.45) is 1.89. The molecule has 2 rings (SSSR count). The lowest BCUT2D eigenvalue weighted by Gasteiger charge is -2.32. The van der Waals surface area contributed by atoms with Gasteiger partial charge < -0.3 is 20.4 Å². The number of nitrogens with two attached hydrogens (primary N) is 1. The molecule has 1 aromatic heterocycles. The number of likely N-dealkylation sites (tertiary alicyclic amines) is 1. The zero-order valence-corrected chi connectivity index (χ0v) is 12.0. The molecule has 7 heteroatoms. The second-order valence-corrected chi connectivity index (χ2v) is 5.39. The molecule has 1 aromatic rings. The van der Waals surface area contributed by atoms with Gasteiger partial charge in [-0.3, -0.25) is 4.79 Å². The summed E-state index contributed by atoms with van der Waals surface area (Å²) in [6, 6.07) is 2.82. The van der Waals surface area contributed by atoms with E-state index < -0.39 is 6.03 Å². The van der Waals surface area contributed by atoms with E-state index in [1.807, 2.05) is 0 Å². The zero-order valence-electron chi connectivity index (χ0n) is 10.4. The lowest BCUT2D eigenvalue weighted by Crippen LogP contribution is -2.44. The molecule has 1 fully saturated rings. The van der Waals surface area contributed by atoms with Crippen molar-refractivity contribution in [3.63, 3.8) is 0 Å². The van der Waals surface area contributed by atoms with E-state index in [2.05, 4.69) is 21.2 Å². The molecule has 104 valence electrons. The summed E-state index contributed by atoms with van der Waals surface area (Å²) >= 11 is 3.18. The maximum Gasteiger partial charge on any atom is 0.312 e. The van der Waals surface area contributed by atoms with E-state index in [0.717, 1.165) is 12.8 Å². The number of carbonyl (C=O) groups is 2. The molecule has 0 aliphatic carbocycles. The fourth-order valence-electron chi connectivity index (χ4n) is 2.25. The van der Waals surface area contributed by atoms with Crippen molar-refractivity contribution in [2.24, 2.45) is 11.7 Å². The van der Waals surface area contributed by atoms with Crippen molar-refractivity contribution >= 4 is 27.9 Å². The predicted octanol–water partition coefficient (Wildman–Crippen LogP) is 1.56. The standard InChI is InChI=1S/C12H16BrN3O3/c13-10-4-3-9(19-10)11(17)16-5-1-2-8(7-16)6-15-12(14)18/h3-4,8H,1-2,5-7H2,(H3,14,15,18). The van der Waals surface area contributed by atoms with Gasteiger partial charge in [0.05, 0.1) is 0 Å². The summed E-state index contributed by atoms with van der Waals surface area (Å²) in [7, 11) is 0. The van der Waals surface area contributed by atoms with Crippen molar-refractivity contribution in [2.75, 3.05) is 19.6 Å². The van der Waals surface area contributed by atoms with E-state index in [1.54, 1.807) is 17.0 Å². The number of rotatable bonds is 3. The number of hydrogen-bond acceptors (Lipinski definition) is 3. The molecule has 6 nitrogen and oxygen atoms in total. The molecule has 3 N–H and O–H groups in total. The van der Waals surface area contributed by atoms with Crippen LogP contribution in [0.15, 0.2) is 21.2 Å². The van der Waals surface area contributed by atoms with Crippen molar-refractivity contribution in [3.8, 4) is 0 Å². The molecule has 0 saturated carbocycles. The Morgan fingerprint density at radius 1 is 1.53 bits per heavy atom. The van der Waals surface area contributed by atoms with Gasteiger partial charge in [0.25, 0.3) is 5.91 Å². The first-order valence-electron chi connectivity index (χ1n) is 6.14. The Hall–Kier alpha value is -1.50. The Labute approximate surface area is 119 Å². The van der Waals surface area contributed by atoms with E-state index in [4.69, 9.17) is 10.2 Å². The lowest BCUT2D eigenvalue weighted by molar-refractivity contribution is 0.0641. The molecule has 1 atom stereocenters. The summed E-state index contributed by atoms with van der Waals surface area (Å²) in [6.45, 7) is 1.82. The number of nitrogens with zero attached hydrogens (tertiary/aromatic N) is 1. The highest BCUT2D eigenvalue weighted by Gasteiger charge is 2.26. The minimum absolute atomic E-state index is 0.116. The van der Waals surface area contributed by atoms with E-state index in [0.29, 0.717) is 30.1 Å². The quantitative estimate of drug-likeness (QED) is 0.881. The number of halogens is 1. The SMILES string of the molecule is NC(=O)NCC1CCCN(C(=O)c2ccc(Br)o2)C1. The normalized spacial score (nSPS) is 19.2. The topological polar surface area (TPSA) is 88.6 Å². The van der Waals surface area contributed by atoms with Crippen molar-refractivity contribution in [1.29, 1.82) is 0 Å². The van der Waals surface area contributed by atoms with Gasteiger partial charge in [0.1, 0.15) is 0 Å². The van der Waals surface area contributed by atoms with E-state index in [1.165, 1.54) is 0 Å². The van der Waals surface area contributed by atoms with Crippen molar-refractivity contribution in [3.05, 3.63) is 22.6 Å². The fraction of sp³-hybridized carbons (Fsp3) is 0.500. The average molecular weight is 330 g/mol. The van der Waals surface area contributed by atoms with E-state index >= 15 is 0 Å². The smallest absolute Gasteiger partial charge is 0.312 e. The molecule has 1 unspecified atom stereocenters. The number of urea groups is 1. The third kappa shape index (κ3) is 3.73. The molecule has 0 aromatic carbocycles. The van der Waals surface area contributed by atoms with Gasteiger partial charge in [0.2, 0.25) is 0 Å². The van der Waals surface area contributed by atoms with Gasteiger partial charge in [-0.05, 0) is 46.8 Å². The van der Waals surface area contributed by atoms with Crippen LogP contribution in [0.5, 0.6) is 0 Å². The van der Waals surface area contributed by atoms with Gasteiger partial charge in [-0.1, -0.05) is 0 Å². The molecular weight excluding hydrogens is 314 g/mol. The highest BCUT2D eigenvalue weighted by molar-refractivity contribution is 9.10. The molecule has 1 saturated heterocycles. The van der Waals surface area contributed by atoms with E-state index in [9.17, 15) is 9.59 Å². The number of furan rings is 1. The van der Waals surface area contributed by atoms with Crippen LogP contribution in [0.25, 0.3) is 0 Å². The number of primary amides is 1. The maximum atomic E-state index is 12.2. The maximum absolute atomic E-state index is 12.2. The Kier molecular flexibility index (Phi) is 4.47. The Morgan fingerprint density at radius 3 is 2.95 bits per heavy atom. The summed E-state index contributed by atoms with van der Waals surface area (Å²) < 4.78 is 5.81. The number of piperidine rings is 1. The van der Waals surface area contributed by atoms with Crippen LogP contribution in [-0.4, -0.2) is 36.5 Å². The number of amides is 3. The average Bonchev–Trinajstić information content (AvgIpc) is 2.82. The zero-order chi connectivity index (χ0) is 13.8. The lowest BCUT2D eigenvalue weighted by atomic mass is 9.98. The monoisotopic (exact) mass is 329 g/mol. The number of carbonyl (C=O) groups excluding carboxylic acids is 2. The summed E-state index contributed by atoms with van der Waals surface area (Å²) in [4.78, 5) is 24.6. The van der Waals surface area contributed by atoms with Gasteiger partial charge in [0, 0.05) is 19.6 Å². The third-order valence-electron chi connectivity index (χ3n) is 3.16. The van der Waals surface area contributed by atoms with Crippen LogP contribution in [0.3, 0.4) is 0 Å². The highest BCUT2D eigenvalue weighted by atomic mass is 79.9.